The summed E-state index contributed by atoms with van der Waals surface area (Å²) >= 11 is 0. The standard InChI is InChI=1S/C12H20N4O3/c1-15-3-4-16(9(6-13)7-15)12(17)11-5-10(8-18-2)19-14-11/h5,9H,3-4,6-8,13H2,1-2H3/t9-/m1/s1. The summed E-state index contributed by atoms with van der Waals surface area (Å²) in [6.07, 6.45) is 0. The van der Waals surface area contributed by atoms with Crippen LogP contribution in [0.5, 0.6) is 0 Å². The maximum absolute atomic E-state index is 12.4. The van der Waals surface area contributed by atoms with Gasteiger partial charge in [0.15, 0.2) is 11.5 Å². The van der Waals surface area contributed by atoms with Crippen LogP contribution in [-0.2, 0) is 11.3 Å². The van der Waals surface area contributed by atoms with E-state index in [0.29, 0.717) is 31.2 Å². The molecule has 1 aliphatic rings. The van der Waals surface area contributed by atoms with Gasteiger partial charge in [-0.3, -0.25) is 4.79 Å². The Hall–Kier alpha value is -1.44. The minimum atomic E-state index is -0.130. The minimum absolute atomic E-state index is 0.0221. The number of methoxy groups -OCH3 is 1. The quantitative estimate of drug-likeness (QED) is 0.795. The lowest BCUT2D eigenvalue weighted by atomic mass is 10.1. The van der Waals surface area contributed by atoms with E-state index in [9.17, 15) is 4.79 Å². The first kappa shape index (κ1) is 14.0. The molecule has 106 valence electrons. The lowest BCUT2D eigenvalue weighted by Crippen LogP contribution is -2.56. The molecule has 0 aromatic carbocycles. The highest BCUT2D eigenvalue weighted by Crippen LogP contribution is 2.13. The van der Waals surface area contributed by atoms with Crippen molar-refractivity contribution in [2.45, 2.75) is 12.6 Å². The molecule has 7 heteroatoms. The van der Waals surface area contributed by atoms with Crippen molar-refractivity contribution in [1.82, 2.24) is 15.0 Å². The Morgan fingerprint density at radius 2 is 2.42 bits per heavy atom. The van der Waals surface area contributed by atoms with Gasteiger partial charge in [0.05, 0.1) is 6.04 Å². The number of piperazine rings is 1. The summed E-state index contributed by atoms with van der Waals surface area (Å²) in [6, 6.07) is 1.64. The second-order valence-electron chi connectivity index (χ2n) is 4.76. The number of carbonyl (C=O) groups is 1. The Morgan fingerprint density at radius 1 is 1.63 bits per heavy atom. The first-order valence-electron chi connectivity index (χ1n) is 6.29. The first-order chi connectivity index (χ1) is 9.15. The third-order valence-electron chi connectivity index (χ3n) is 3.28. The van der Waals surface area contributed by atoms with Gasteiger partial charge in [-0.05, 0) is 7.05 Å². The van der Waals surface area contributed by atoms with Gasteiger partial charge in [-0.2, -0.15) is 0 Å². The van der Waals surface area contributed by atoms with Crippen LogP contribution in [0.2, 0.25) is 0 Å². The zero-order valence-electron chi connectivity index (χ0n) is 11.3. The smallest absolute Gasteiger partial charge is 0.276 e. The van der Waals surface area contributed by atoms with Crippen LogP contribution in [0, 0.1) is 0 Å². The Labute approximate surface area is 112 Å². The average molecular weight is 268 g/mol. The highest BCUT2D eigenvalue weighted by atomic mass is 16.5. The zero-order chi connectivity index (χ0) is 13.8. The second kappa shape index (κ2) is 6.14. The molecule has 7 nitrogen and oxygen atoms in total. The Bertz CT molecular complexity index is 434. The first-order valence-corrected chi connectivity index (χ1v) is 6.29. The van der Waals surface area contributed by atoms with Crippen molar-refractivity contribution in [1.29, 1.82) is 0 Å². The summed E-state index contributed by atoms with van der Waals surface area (Å²) in [4.78, 5) is 16.3. The summed E-state index contributed by atoms with van der Waals surface area (Å²) in [6.45, 7) is 3.03. The zero-order valence-corrected chi connectivity index (χ0v) is 11.3. The molecule has 19 heavy (non-hydrogen) atoms. The summed E-state index contributed by atoms with van der Waals surface area (Å²) in [7, 11) is 3.59. The summed E-state index contributed by atoms with van der Waals surface area (Å²) in [5.41, 5.74) is 6.06. The monoisotopic (exact) mass is 268 g/mol. The van der Waals surface area contributed by atoms with E-state index in [-0.39, 0.29) is 11.9 Å². The van der Waals surface area contributed by atoms with Crippen molar-refractivity contribution >= 4 is 5.91 Å². The fourth-order valence-electron chi connectivity index (χ4n) is 2.25. The van der Waals surface area contributed by atoms with Crippen molar-refractivity contribution in [3.05, 3.63) is 17.5 Å². The maximum Gasteiger partial charge on any atom is 0.276 e. The maximum atomic E-state index is 12.4. The van der Waals surface area contributed by atoms with Crippen LogP contribution in [0.25, 0.3) is 0 Å². The lowest BCUT2D eigenvalue weighted by Gasteiger charge is -2.39. The van der Waals surface area contributed by atoms with Crippen molar-refractivity contribution in [3.8, 4) is 0 Å². The van der Waals surface area contributed by atoms with Gasteiger partial charge in [0.25, 0.3) is 5.91 Å². The molecule has 1 atom stereocenters. The van der Waals surface area contributed by atoms with Crippen LogP contribution in [0.4, 0.5) is 0 Å². The molecule has 2 N–H and O–H groups in total. The van der Waals surface area contributed by atoms with E-state index in [4.69, 9.17) is 15.0 Å². The summed E-state index contributed by atoms with van der Waals surface area (Å²) in [5, 5.41) is 3.80. The van der Waals surface area contributed by atoms with E-state index >= 15 is 0 Å². The van der Waals surface area contributed by atoms with Gasteiger partial charge in [-0.15, -0.1) is 0 Å². The molecule has 2 rings (SSSR count). The van der Waals surface area contributed by atoms with Crippen molar-refractivity contribution in [2.24, 2.45) is 5.73 Å². The molecule has 1 amide bonds. The minimum Gasteiger partial charge on any atom is -0.377 e. The van der Waals surface area contributed by atoms with Gasteiger partial charge in [-0.25, -0.2) is 0 Å². The van der Waals surface area contributed by atoms with Crippen LogP contribution in [0.15, 0.2) is 10.6 Å². The molecule has 0 radical (unpaired) electrons. The van der Waals surface area contributed by atoms with Crippen molar-refractivity contribution in [2.75, 3.05) is 40.3 Å². The van der Waals surface area contributed by atoms with Gasteiger partial charge in [0.1, 0.15) is 6.61 Å². The molecule has 0 spiro atoms. The number of ether oxygens (including phenoxy) is 1. The molecule has 1 aliphatic heterocycles. The highest BCUT2D eigenvalue weighted by Gasteiger charge is 2.30. The second-order valence-corrected chi connectivity index (χ2v) is 4.76. The van der Waals surface area contributed by atoms with Gasteiger partial charge in [0.2, 0.25) is 0 Å². The van der Waals surface area contributed by atoms with E-state index in [1.165, 1.54) is 0 Å². The predicted octanol–water partition coefficient (Wildman–Crippen LogP) is -0.464. The topological polar surface area (TPSA) is 84.8 Å². The van der Waals surface area contributed by atoms with Crippen LogP contribution < -0.4 is 5.73 Å². The molecule has 0 unspecified atom stereocenters. The molecule has 1 saturated heterocycles. The Morgan fingerprint density at radius 3 is 3.11 bits per heavy atom. The number of hydrogen-bond donors (Lipinski definition) is 1. The van der Waals surface area contributed by atoms with Crippen molar-refractivity contribution < 1.29 is 14.1 Å². The van der Waals surface area contributed by atoms with Gasteiger partial charge in [0, 0.05) is 39.4 Å². The number of carbonyl (C=O) groups excluding carboxylic acids is 1. The Balaban J connectivity index is 2.08. The number of rotatable bonds is 4. The molecule has 2 heterocycles. The normalized spacial score (nSPS) is 20.8. The number of likely N-dealkylation sites (N-methyl/N-ethyl adjacent to an activating group) is 1. The number of nitrogens with two attached hydrogens (primary N) is 1. The van der Waals surface area contributed by atoms with Crippen LogP contribution in [0.3, 0.4) is 0 Å². The molecule has 0 aliphatic carbocycles. The van der Waals surface area contributed by atoms with Crippen LogP contribution in [0.1, 0.15) is 16.2 Å². The average Bonchev–Trinajstić information content (AvgIpc) is 2.87. The molecule has 0 saturated carbocycles. The fourth-order valence-corrected chi connectivity index (χ4v) is 2.25. The number of hydrogen-bond acceptors (Lipinski definition) is 6. The molecule has 1 fully saturated rings. The van der Waals surface area contributed by atoms with Crippen molar-refractivity contribution in [3.63, 3.8) is 0 Å². The molecule has 0 bridgehead atoms. The number of amides is 1. The number of aromatic nitrogens is 1. The van der Waals surface area contributed by atoms with E-state index in [1.54, 1.807) is 18.1 Å². The van der Waals surface area contributed by atoms with E-state index < -0.39 is 0 Å². The van der Waals surface area contributed by atoms with Crippen LogP contribution >= 0.6 is 0 Å². The lowest BCUT2D eigenvalue weighted by molar-refractivity contribution is 0.0506. The number of nitrogens with zero attached hydrogens (tertiary/aromatic N) is 3. The van der Waals surface area contributed by atoms with E-state index in [1.807, 2.05) is 7.05 Å². The van der Waals surface area contributed by atoms with E-state index in [0.717, 1.165) is 13.1 Å². The van der Waals surface area contributed by atoms with Crippen LogP contribution in [-0.4, -0.2) is 67.2 Å². The fraction of sp³-hybridized carbons (Fsp3) is 0.667. The molecular weight excluding hydrogens is 248 g/mol. The third kappa shape index (κ3) is 3.12. The molecule has 1 aromatic rings. The summed E-state index contributed by atoms with van der Waals surface area (Å²) in [5.74, 6) is 0.416. The highest BCUT2D eigenvalue weighted by molar-refractivity contribution is 5.92. The molecular formula is C12H20N4O3. The van der Waals surface area contributed by atoms with Gasteiger partial charge < -0.3 is 24.8 Å². The Kier molecular flexibility index (Phi) is 4.52. The SMILES string of the molecule is COCc1cc(C(=O)N2CCN(C)C[C@H]2CN)no1. The third-order valence-corrected chi connectivity index (χ3v) is 3.28. The predicted molar refractivity (Wildman–Crippen MR) is 68.6 cm³/mol. The molecule has 1 aromatic heterocycles. The summed E-state index contributed by atoms with van der Waals surface area (Å²) < 4.78 is 9.98. The van der Waals surface area contributed by atoms with Gasteiger partial charge in [-0.1, -0.05) is 5.16 Å². The largest absolute Gasteiger partial charge is 0.377 e. The van der Waals surface area contributed by atoms with E-state index in [2.05, 4.69) is 10.1 Å². The van der Waals surface area contributed by atoms with Gasteiger partial charge >= 0.3 is 0 Å².